The number of aryl methyl sites for hydroxylation is 1. The SMILES string of the molecule is Cc1cc(NC(=O)C(C)(C)C)sc1C(=O)N1CCN(C(=O)C(C)(C)C)CC1. The summed E-state index contributed by atoms with van der Waals surface area (Å²) in [6.07, 6.45) is 0. The Bertz CT molecular complexity index is 733. The van der Waals surface area contributed by atoms with Gasteiger partial charge in [0.25, 0.3) is 5.91 Å². The lowest BCUT2D eigenvalue weighted by Gasteiger charge is -2.37. The van der Waals surface area contributed by atoms with E-state index in [9.17, 15) is 14.4 Å². The zero-order valence-corrected chi connectivity index (χ0v) is 18.2. The lowest BCUT2D eigenvalue weighted by Crippen LogP contribution is -2.53. The van der Waals surface area contributed by atoms with Gasteiger partial charge in [-0.2, -0.15) is 0 Å². The van der Waals surface area contributed by atoms with Gasteiger partial charge < -0.3 is 15.1 Å². The van der Waals surface area contributed by atoms with Crippen LogP contribution in [0, 0.1) is 17.8 Å². The second-order valence-corrected chi connectivity index (χ2v) is 10.2. The molecular formula is C20H31N3O3S. The number of carbonyl (C=O) groups is 3. The molecule has 0 spiro atoms. The molecule has 1 aliphatic heterocycles. The van der Waals surface area contributed by atoms with Crippen molar-refractivity contribution in [2.75, 3.05) is 31.5 Å². The highest BCUT2D eigenvalue weighted by molar-refractivity contribution is 7.18. The summed E-state index contributed by atoms with van der Waals surface area (Å²) in [5, 5.41) is 3.59. The molecule has 7 heteroatoms. The number of rotatable bonds is 2. The van der Waals surface area contributed by atoms with Crippen LogP contribution >= 0.6 is 11.3 Å². The number of anilines is 1. The number of hydrogen-bond donors (Lipinski definition) is 1. The minimum Gasteiger partial charge on any atom is -0.339 e. The molecule has 2 heterocycles. The van der Waals surface area contributed by atoms with Crippen LogP contribution in [-0.4, -0.2) is 53.7 Å². The predicted molar refractivity (Wildman–Crippen MR) is 109 cm³/mol. The van der Waals surface area contributed by atoms with E-state index >= 15 is 0 Å². The Labute approximate surface area is 165 Å². The smallest absolute Gasteiger partial charge is 0.264 e. The third-order valence-corrected chi connectivity index (χ3v) is 5.67. The molecule has 0 aliphatic carbocycles. The molecule has 150 valence electrons. The van der Waals surface area contributed by atoms with E-state index in [1.54, 1.807) is 4.90 Å². The van der Waals surface area contributed by atoms with Crippen LogP contribution in [0.25, 0.3) is 0 Å². The van der Waals surface area contributed by atoms with E-state index < -0.39 is 10.8 Å². The maximum Gasteiger partial charge on any atom is 0.264 e. The van der Waals surface area contributed by atoms with Gasteiger partial charge in [0, 0.05) is 37.0 Å². The van der Waals surface area contributed by atoms with E-state index in [-0.39, 0.29) is 17.7 Å². The molecule has 2 rings (SSSR count). The molecule has 1 N–H and O–H groups in total. The van der Waals surface area contributed by atoms with Crippen LogP contribution in [0.4, 0.5) is 5.00 Å². The first kappa shape index (κ1) is 21.4. The van der Waals surface area contributed by atoms with E-state index in [0.29, 0.717) is 36.1 Å². The fourth-order valence-electron chi connectivity index (χ4n) is 2.79. The maximum atomic E-state index is 12.9. The molecule has 0 aromatic carbocycles. The highest BCUT2D eigenvalue weighted by atomic mass is 32.1. The number of nitrogens with one attached hydrogen (secondary N) is 1. The molecule has 0 unspecified atom stereocenters. The van der Waals surface area contributed by atoms with Crippen molar-refractivity contribution in [2.45, 2.75) is 48.5 Å². The van der Waals surface area contributed by atoms with Gasteiger partial charge in [-0.05, 0) is 18.6 Å². The van der Waals surface area contributed by atoms with E-state index in [1.807, 2.05) is 59.4 Å². The van der Waals surface area contributed by atoms with Crippen LogP contribution in [0.2, 0.25) is 0 Å². The highest BCUT2D eigenvalue weighted by Gasteiger charge is 2.32. The van der Waals surface area contributed by atoms with E-state index in [4.69, 9.17) is 0 Å². The molecule has 0 atom stereocenters. The first-order valence-corrected chi connectivity index (χ1v) is 10.1. The van der Waals surface area contributed by atoms with Gasteiger partial charge in [-0.1, -0.05) is 41.5 Å². The second-order valence-electron chi connectivity index (χ2n) is 9.16. The minimum atomic E-state index is -0.488. The monoisotopic (exact) mass is 393 g/mol. The van der Waals surface area contributed by atoms with Crippen molar-refractivity contribution < 1.29 is 14.4 Å². The lowest BCUT2D eigenvalue weighted by molar-refractivity contribution is -0.141. The fraction of sp³-hybridized carbons (Fsp3) is 0.650. The third kappa shape index (κ3) is 5.09. The van der Waals surface area contributed by atoms with Crippen LogP contribution in [0.5, 0.6) is 0 Å². The van der Waals surface area contributed by atoms with Crippen LogP contribution in [-0.2, 0) is 9.59 Å². The zero-order chi connectivity index (χ0) is 20.6. The quantitative estimate of drug-likeness (QED) is 0.837. The van der Waals surface area contributed by atoms with Crippen LogP contribution < -0.4 is 5.32 Å². The van der Waals surface area contributed by atoms with E-state index in [0.717, 1.165) is 5.56 Å². The van der Waals surface area contributed by atoms with Crippen molar-refractivity contribution >= 4 is 34.1 Å². The lowest BCUT2D eigenvalue weighted by atomic mass is 9.94. The summed E-state index contributed by atoms with van der Waals surface area (Å²) in [6, 6.07) is 1.85. The Balaban J connectivity index is 2.03. The Hall–Kier alpha value is -1.89. The topological polar surface area (TPSA) is 69.7 Å². The summed E-state index contributed by atoms with van der Waals surface area (Å²) >= 11 is 1.31. The first-order valence-electron chi connectivity index (χ1n) is 9.31. The fourth-order valence-corrected chi connectivity index (χ4v) is 3.82. The summed E-state index contributed by atoms with van der Waals surface area (Å²) in [4.78, 5) is 41.7. The van der Waals surface area contributed by atoms with Crippen LogP contribution in [0.15, 0.2) is 6.07 Å². The Morgan fingerprint density at radius 3 is 1.93 bits per heavy atom. The van der Waals surface area contributed by atoms with Gasteiger partial charge in [-0.15, -0.1) is 11.3 Å². The molecule has 0 bridgehead atoms. The first-order chi connectivity index (χ1) is 12.3. The van der Waals surface area contributed by atoms with E-state index in [2.05, 4.69) is 5.32 Å². The molecule has 1 aromatic rings. The second kappa shape index (κ2) is 7.62. The molecule has 27 heavy (non-hydrogen) atoms. The van der Waals surface area contributed by atoms with Gasteiger partial charge in [-0.3, -0.25) is 14.4 Å². The molecule has 0 saturated carbocycles. The van der Waals surface area contributed by atoms with Gasteiger partial charge in [0.2, 0.25) is 11.8 Å². The van der Waals surface area contributed by atoms with Crippen molar-refractivity contribution in [3.8, 4) is 0 Å². The minimum absolute atomic E-state index is 0.0309. The largest absolute Gasteiger partial charge is 0.339 e. The van der Waals surface area contributed by atoms with Crippen LogP contribution in [0.1, 0.15) is 56.8 Å². The Morgan fingerprint density at radius 2 is 1.44 bits per heavy atom. The molecule has 1 saturated heterocycles. The standard InChI is InChI=1S/C20H31N3O3S/c1-13-12-14(21-17(25)19(2,3)4)27-15(13)16(24)22-8-10-23(11-9-22)18(26)20(5,6)7/h12H,8-11H2,1-7H3,(H,21,25). The van der Waals surface area contributed by atoms with E-state index in [1.165, 1.54) is 11.3 Å². The number of carbonyl (C=O) groups excluding carboxylic acids is 3. The van der Waals surface area contributed by atoms with Crippen molar-refractivity contribution in [3.05, 3.63) is 16.5 Å². The Kier molecular flexibility index (Phi) is 6.04. The summed E-state index contributed by atoms with van der Waals surface area (Å²) < 4.78 is 0. The number of amides is 3. The molecule has 6 nitrogen and oxygen atoms in total. The normalized spacial score (nSPS) is 15.7. The Morgan fingerprint density at radius 1 is 0.926 bits per heavy atom. The zero-order valence-electron chi connectivity index (χ0n) is 17.4. The molecule has 3 amide bonds. The van der Waals surface area contributed by atoms with Crippen molar-refractivity contribution in [3.63, 3.8) is 0 Å². The van der Waals surface area contributed by atoms with Crippen molar-refractivity contribution in [1.82, 2.24) is 9.80 Å². The third-order valence-electron chi connectivity index (χ3n) is 4.53. The number of hydrogen-bond acceptors (Lipinski definition) is 4. The molecule has 1 aromatic heterocycles. The van der Waals surface area contributed by atoms with Gasteiger partial charge in [-0.25, -0.2) is 0 Å². The average Bonchev–Trinajstić information content (AvgIpc) is 2.92. The van der Waals surface area contributed by atoms with Crippen LogP contribution in [0.3, 0.4) is 0 Å². The summed E-state index contributed by atoms with van der Waals surface area (Å²) in [5.41, 5.74) is -0.0308. The predicted octanol–water partition coefficient (Wildman–Crippen LogP) is 3.37. The molecule has 1 fully saturated rings. The van der Waals surface area contributed by atoms with Crippen molar-refractivity contribution in [2.24, 2.45) is 10.8 Å². The van der Waals surface area contributed by atoms with Gasteiger partial charge >= 0.3 is 0 Å². The maximum absolute atomic E-state index is 12.9. The number of thiophene rings is 1. The van der Waals surface area contributed by atoms with Gasteiger partial charge in [0.1, 0.15) is 0 Å². The molecule has 0 radical (unpaired) electrons. The van der Waals surface area contributed by atoms with Gasteiger partial charge in [0.15, 0.2) is 0 Å². The number of piperazine rings is 1. The summed E-state index contributed by atoms with van der Waals surface area (Å²) in [5.74, 6) is 0.0164. The molecular weight excluding hydrogens is 362 g/mol. The average molecular weight is 394 g/mol. The van der Waals surface area contributed by atoms with Gasteiger partial charge in [0.05, 0.1) is 9.88 Å². The highest BCUT2D eigenvalue weighted by Crippen LogP contribution is 2.30. The summed E-state index contributed by atoms with van der Waals surface area (Å²) in [6.45, 7) is 15.4. The molecule has 1 aliphatic rings. The summed E-state index contributed by atoms with van der Waals surface area (Å²) in [7, 11) is 0. The number of nitrogens with zero attached hydrogens (tertiary/aromatic N) is 2. The van der Waals surface area contributed by atoms with Crippen molar-refractivity contribution in [1.29, 1.82) is 0 Å².